The van der Waals surface area contributed by atoms with Gasteiger partial charge in [-0.15, -0.1) is 0 Å². The minimum Gasteiger partial charge on any atom is -0.341 e. The second-order valence-corrected chi connectivity index (χ2v) is 7.53. The molecule has 4 rings (SSSR count). The third-order valence-corrected chi connectivity index (χ3v) is 5.42. The van der Waals surface area contributed by atoms with Crippen LogP contribution in [0.15, 0.2) is 84.4 Å². The van der Waals surface area contributed by atoms with Crippen molar-refractivity contribution in [1.82, 2.24) is 24.8 Å². The zero-order valence-corrected chi connectivity index (χ0v) is 16.8. The van der Waals surface area contributed by atoms with Crippen molar-refractivity contribution in [3.8, 4) is 11.3 Å². The number of hydrogen-bond donors (Lipinski definition) is 2. The highest BCUT2D eigenvalue weighted by Crippen LogP contribution is 2.23. The minimum atomic E-state index is -0.305. The number of nitrogens with one attached hydrogen (secondary N) is 2. The van der Waals surface area contributed by atoms with Crippen LogP contribution >= 0.6 is 11.8 Å². The first-order chi connectivity index (χ1) is 14.2. The van der Waals surface area contributed by atoms with E-state index in [2.05, 4.69) is 20.3 Å². The molecule has 0 fully saturated rings. The van der Waals surface area contributed by atoms with Crippen molar-refractivity contribution in [3.63, 3.8) is 0 Å². The maximum absolute atomic E-state index is 12.7. The molecule has 0 unspecified atom stereocenters. The summed E-state index contributed by atoms with van der Waals surface area (Å²) in [6.07, 6.45) is 5.40. The van der Waals surface area contributed by atoms with Crippen molar-refractivity contribution < 1.29 is 4.79 Å². The van der Waals surface area contributed by atoms with E-state index in [9.17, 15) is 4.79 Å². The van der Waals surface area contributed by atoms with E-state index >= 15 is 0 Å². The number of amides is 1. The summed E-state index contributed by atoms with van der Waals surface area (Å²) in [4.78, 5) is 24.7. The van der Waals surface area contributed by atoms with Crippen molar-refractivity contribution >= 4 is 17.7 Å². The number of thioether (sulfide) groups is 1. The Morgan fingerprint density at radius 1 is 1.10 bits per heavy atom. The monoisotopic (exact) mass is 403 g/mol. The lowest BCUT2D eigenvalue weighted by Crippen LogP contribution is -2.32. The summed E-state index contributed by atoms with van der Waals surface area (Å²) in [5, 5.41) is 3.82. The molecule has 6 nitrogen and oxygen atoms in total. The highest BCUT2D eigenvalue weighted by molar-refractivity contribution is 7.99. The smallest absolute Gasteiger partial charge is 0.231 e. The Hall–Kier alpha value is -3.32. The Morgan fingerprint density at radius 2 is 1.83 bits per heavy atom. The molecule has 0 saturated heterocycles. The number of carbonyl (C=O) groups excluding carboxylic acids is 1. The van der Waals surface area contributed by atoms with Crippen LogP contribution in [0.3, 0.4) is 0 Å². The van der Waals surface area contributed by atoms with Crippen LogP contribution in [-0.4, -0.2) is 31.2 Å². The van der Waals surface area contributed by atoms with Gasteiger partial charge in [-0.25, -0.2) is 9.97 Å². The molecule has 1 atom stereocenters. The molecular formula is C22H21N5OS. The van der Waals surface area contributed by atoms with E-state index < -0.39 is 0 Å². The topological polar surface area (TPSA) is 75.6 Å². The number of benzene rings is 2. The van der Waals surface area contributed by atoms with Gasteiger partial charge in [-0.1, -0.05) is 72.4 Å². The van der Waals surface area contributed by atoms with Crippen LogP contribution in [0.5, 0.6) is 0 Å². The predicted molar refractivity (Wildman–Crippen MR) is 114 cm³/mol. The van der Waals surface area contributed by atoms with Crippen LogP contribution in [-0.2, 0) is 11.8 Å². The molecule has 146 valence electrons. The number of aryl methyl sites for hydroxylation is 1. The third-order valence-electron chi connectivity index (χ3n) is 4.53. The number of imidazole rings is 2. The number of hydrogen-bond acceptors (Lipinski definition) is 4. The first-order valence-electron chi connectivity index (χ1n) is 9.25. The number of aromatic nitrogens is 4. The normalized spacial score (nSPS) is 11.9. The predicted octanol–water partition coefficient (Wildman–Crippen LogP) is 3.81. The average molecular weight is 404 g/mol. The summed E-state index contributed by atoms with van der Waals surface area (Å²) in [5.74, 6) is 0.971. The van der Waals surface area contributed by atoms with E-state index in [1.807, 2.05) is 78.5 Å². The lowest BCUT2D eigenvalue weighted by atomic mass is 10.1. The van der Waals surface area contributed by atoms with E-state index in [-0.39, 0.29) is 17.7 Å². The molecule has 29 heavy (non-hydrogen) atoms. The molecule has 0 aliphatic heterocycles. The zero-order chi connectivity index (χ0) is 20.1. The van der Waals surface area contributed by atoms with Crippen molar-refractivity contribution in [3.05, 3.63) is 90.6 Å². The largest absolute Gasteiger partial charge is 0.341 e. The molecule has 0 bridgehead atoms. The van der Waals surface area contributed by atoms with E-state index in [4.69, 9.17) is 0 Å². The first kappa shape index (κ1) is 19.0. The summed E-state index contributed by atoms with van der Waals surface area (Å²) in [7, 11) is 1.92. The van der Waals surface area contributed by atoms with Crippen LogP contribution in [0.1, 0.15) is 17.4 Å². The van der Waals surface area contributed by atoms with E-state index in [0.29, 0.717) is 5.16 Å². The molecule has 0 aliphatic rings. The maximum atomic E-state index is 12.7. The first-order valence-corrected chi connectivity index (χ1v) is 10.2. The van der Waals surface area contributed by atoms with Crippen molar-refractivity contribution in [2.75, 3.05) is 5.75 Å². The number of aromatic amines is 1. The van der Waals surface area contributed by atoms with Gasteiger partial charge in [-0.3, -0.25) is 4.79 Å². The molecule has 0 spiro atoms. The fraction of sp³-hybridized carbons (Fsp3) is 0.136. The molecule has 7 heteroatoms. The Labute approximate surface area is 173 Å². The van der Waals surface area contributed by atoms with Crippen LogP contribution in [0.4, 0.5) is 0 Å². The van der Waals surface area contributed by atoms with Crippen LogP contribution in [0.2, 0.25) is 0 Å². The summed E-state index contributed by atoms with van der Waals surface area (Å²) in [6.45, 7) is 0. The fourth-order valence-corrected chi connectivity index (χ4v) is 3.74. The number of nitrogens with zero attached hydrogens (tertiary/aromatic N) is 3. The van der Waals surface area contributed by atoms with Gasteiger partial charge in [0.25, 0.3) is 0 Å². The third kappa shape index (κ3) is 4.57. The van der Waals surface area contributed by atoms with Gasteiger partial charge in [0, 0.05) is 19.4 Å². The van der Waals surface area contributed by atoms with Gasteiger partial charge >= 0.3 is 0 Å². The molecule has 2 N–H and O–H groups in total. The number of H-pyrrole nitrogens is 1. The molecule has 2 aromatic heterocycles. The Morgan fingerprint density at radius 3 is 2.52 bits per heavy atom. The summed E-state index contributed by atoms with van der Waals surface area (Å²) < 4.78 is 1.92. The van der Waals surface area contributed by atoms with Crippen molar-refractivity contribution in [2.24, 2.45) is 7.05 Å². The second kappa shape index (κ2) is 8.79. The molecule has 2 aromatic carbocycles. The minimum absolute atomic E-state index is 0.0792. The van der Waals surface area contributed by atoms with Gasteiger partial charge in [-0.2, -0.15) is 0 Å². The second-order valence-electron chi connectivity index (χ2n) is 6.56. The lowest BCUT2D eigenvalue weighted by molar-refractivity contribution is -0.119. The average Bonchev–Trinajstić information content (AvgIpc) is 3.41. The molecular weight excluding hydrogens is 382 g/mol. The van der Waals surface area contributed by atoms with Crippen molar-refractivity contribution in [2.45, 2.75) is 11.2 Å². The van der Waals surface area contributed by atoms with Gasteiger partial charge in [-0.05, 0) is 11.1 Å². The van der Waals surface area contributed by atoms with E-state index in [0.717, 1.165) is 22.6 Å². The van der Waals surface area contributed by atoms with Crippen LogP contribution in [0.25, 0.3) is 11.3 Å². The highest BCUT2D eigenvalue weighted by atomic mass is 32.2. The molecule has 0 saturated carbocycles. The SMILES string of the molecule is Cn1ccnc1[C@H](NC(=O)CSc1ncc(-c2ccccc2)[nH]1)c1ccccc1. The van der Waals surface area contributed by atoms with Crippen LogP contribution in [0, 0.1) is 0 Å². The number of rotatable bonds is 7. The Kier molecular flexibility index (Phi) is 5.76. The zero-order valence-electron chi connectivity index (χ0n) is 15.9. The van der Waals surface area contributed by atoms with Gasteiger partial charge in [0.05, 0.1) is 17.6 Å². The standard InChI is InChI=1S/C22H21N5OS/c1-27-13-12-23-21(27)20(17-10-6-3-7-11-17)26-19(28)15-29-22-24-14-18(25-22)16-8-4-2-5-9-16/h2-14,20H,15H2,1H3,(H,24,25)(H,26,28)/t20-/m1/s1. The van der Waals surface area contributed by atoms with Crippen LogP contribution < -0.4 is 5.32 Å². The molecule has 2 heterocycles. The molecule has 4 aromatic rings. The summed E-state index contributed by atoms with van der Waals surface area (Å²) >= 11 is 1.38. The van der Waals surface area contributed by atoms with E-state index in [1.54, 1.807) is 12.4 Å². The summed E-state index contributed by atoms with van der Waals surface area (Å²) in [6, 6.07) is 19.5. The highest BCUT2D eigenvalue weighted by Gasteiger charge is 2.20. The van der Waals surface area contributed by atoms with Gasteiger partial charge in [0.15, 0.2) is 5.16 Å². The van der Waals surface area contributed by atoms with E-state index in [1.165, 1.54) is 11.8 Å². The Balaban J connectivity index is 1.43. The molecule has 1 amide bonds. The fourth-order valence-electron chi connectivity index (χ4n) is 3.08. The van der Waals surface area contributed by atoms with Gasteiger partial charge in [0.1, 0.15) is 11.9 Å². The Bertz CT molecular complexity index is 1070. The van der Waals surface area contributed by atoms with Crippen molar-refractivity contribution in [1.29, 1.82) is 0 Å². The molecule has 0 aliphatic carbocycles. The van der Waals surface area contributed by atoms with Gasteiger partial charge < -0.3 is 14.9 Å². The lowest BCUT2D eigenvalue weighted by Gasteiger charge is -2.19. The van der Waals surface area contributed by atoms with Gasteiger partial charge in [0.2, 0.25) is 5.91 Å². The summed E-state index contributed by atoms with van der Waals surface area (Å²) in [5.41, 5.74) is 2.99. The number of carbonyl (C=O) groups is 1. The maximum Gasteiger partial charge on any atom is 0.231 e. The quantitative estimate of drug-likeness (QED) is 0.460. The molecule has 0 radical (unpaired) electrons.